The first-order valence-electron chi connectivity index (χ1n) is 5.36. The molecule has 0 aliphatic heterocycles. The molecule has 2 N–H and O–H groups in total. The molecule has 84 valence electrons. The van der Waals surface area contributed by atoms with Gasteiger partial charge in [-0.1, -0.05) is 11.1 Å². The molecule has 0 aliphatic rings. The van der Waals surface area contributed by atoms with Gasteiger partial charge in [-0.25, -0.2) is 0 Å². The van der Waals surface area contributed by atoms with Crippen molar-refractivity contribution in [2.45, 2.75) is 47.6 Å². The van der Waals surface area contributed by atoms with E-state index in [4.69, 9.17) is 5.73 Å². The maximum Gasteiger partial charge on any atom is 0.0825 e. The Morgan fingerprint density at radius 3 is 2.27 bits per heavy atom. The van der Waals surface area contributed by atoms with Crippen molar-refractivity contribution in [2.24, 2.45) is 0 Å². The van der Waals surface area contributed by atoms with Crippen LogP contribution in [0.25, 0.3) is 0 Å². The van der Waals surface area contributed by atoms with Gasteiger partial charge >= 0.3 is 0 Å². The average Bonchev–Trinajstić information content (AvgIpc) is 2.42. The Bertz CT molecular complexity index is 382. The third-order valence-electron chi connectivity index (χ3n) is 2.99. The molecule has 0 amide bonds. The number of hydrogen-bond acceptors (Lipinski definition) is 2. The number of hydrogen-bond donors (Lipinski definition) is 1. The molecule has 15 heavy (non-hydrogen) atoms. The van der Waals surface area contributed by atoms with Gasteiger partial charge in [-0.15, -0.1) is 0 Å². The number of allylic oxidation sites excluding steroid dienone is 2. The van der Waals surface area contributed by atoms with Crippen molar-refractivity contribution in [1.82, 2.24) is 9.78 Å². The average molecular weight is 207 g/mol. The van der Waals surface area contributed by atoms with E-state index in [0.717, 1.165) is 30.0 Å². The highest BCUT2D eigenvalue weighted by molar-refractivity contribution is 5.46. The predicted octanol–water partition coefficient (Wildman–Crippen LogP) is 2.83. The lowest BCUT2D eigenvalue weighted by Gasteiger charge is -2.06. The lowest BCUT2D eigenvalue weighted by Crippen LogP contribution is -2.03. The van der Waals surface area contributed by atoms with Crippen LogP contribution in [0.1, 0.15) is 38.6 Å². The summed E-state index contributed by atoms with van der Waals surface area (Å²) >= 11 is 0. The molecule has 0 saturated heterocycles. The van der Waals surface area contributed by atoms with Gasteiger partial charge in [-0.05, 0) is 41.0 Å². The SMILES string of the molecule is CC(C)=C(C)CCn1nc(C)c(N)c1C. The summed E-state index contributed by atoms with van der Waals surface area (Å²) in [5.41, 5.74) is 11.5. The maximum atomic E-state index is 5.87. The first-order valence-corrected chi connectivity index (χ1v) is 5.36. The van der Waals surface area contributed by atoms with Crippen LogP contribution >= 0.6 is 0 Å². The summed E-state index contributed by atoms with van der Waals surface area (Å²) in [6.07, 6.45) is 1.05. The van der Waals surface area contributed by atoms with E-state index in [2.05, 4.69) is 25.9 Å². The highest BCUT2D eigenvalue weighted by atomic mass is 15.3. The van der Waals surface area contributed by atoms with E-state index in [1.54, 1.807) is 0 Å². The van der Waals surface area contributed by atoms with E-state index in [-0.39, 0.29) is 0 Å². The van der Waals surface area contributed by atoms with Gasteiger partial charge in [-0.2, -0.15) is 5.10 Å². The molecular formula is C12H21N3. The fraction of sp³-hybridized carbons (Fsp3) is 0.583. The number of rotatable bonds is 3. The molecule has 0 radical (unpaired) electrons. The van der Waals surface area contributed by atoms with Crippen LogP contribution in [-0.4, -0.2) is 9.78 Å². The molecule has 0 bridgehead atoms. The fourth-order valence-corrected chi connectivity index (χ4v) is 1.45. The van der Waals surface area contributed by atoms with Gasteiger partial charge in [0.2, 0.25) is 0 Å². The standard InChI is InChI=1S/C12H21N3/c1-8(2)9(3)6-7-15-11(5)12(13)10(4)14-15/h6-7,13H2,1-5H3. The quantitative estimate of drug-likeness (QED) is 0.774. The van der Waals surface area contributed by atoms with Gasteiger partial charge in [-0.3, -0.25) is 4.68 Å². The van der Waals surface area contributed by atoms with Crippen molar-refractivity contribution in [1.29, 1.82) is 0 Å². The molecule has 0 fully saturated rings. The maximum absolute atomic E-state index is 5.87. The van der Waals surface area contributed by atoms with Gasteiger partial charge in [0.05, 0.1) is 17.1 Å². The zero-order valence-electron chi connectivity index (χ0n) is 10.4. The topological polar surface area (TPSA) is 43.8 Å². The second kappa shape index (κ2) is 4.51. The summed E-state index contributed by atoms with van der Waals surface area (Å²) in [5, 5.41) is 4.41. The Morgan fingerprint density at radius 2 is 1.87 bits per heavy atom. The van der Waals surface area contributed by atoms with Crippen molar-refractivity contribution in [3.63, 3.8) is 0 Å². The highest BCUT2D eigenvalue weighted by Crippen LogP contribution is 2.16. The van der Waals surface area contributed by atoms with Crippen LogP contribution in [0.2, 0.25) is 0 Å². The summed E-state index contributed by atoms with van der Waals surface area (Å²) < 4.78 is 2.00. The van der Waals surface area contributed by atoms with Crippen molar-refractivity contribution < 1.29 is 0 Å². The van der Waals surface area contributed by atoms with Gasteiger partial charge < -0.3 is 5.73 Å². The van der Waals surface area contributed by atoms with Gasteiger partial charge in [0.25, 0.3) is 0 Å². The van der Waals surface area contributed by atoms with Crippen LogP contribution in [0, 0.1) is 13.8 Å². The van der Waals surface area contributed by atoms with E-state index in [0.29, 0.717) is 0 Å². The third kappa shape index (κ3) is 2.61. The van der Waals surface area contributed by atoms with Crippen LogP contribution < -0.4 is 5.73 Å². The van der Waals surface area contributed by atoms with Crippen molar-refractivity contribution in [3.8, 4) is 0 Å². The Balaban J connectivity index is 2.75. The molecule has 1 heterocycles. The minimum atomic E-state index is 0.824. The number of aryl methyl sites for hydroxylation is 2. The second-order valence-electron chi connectivity index (χ2n) is 4.34. The number of nitrogens with two attached hydrogens (primary N) is 1. The molecule has 0 atom stereocenters. The summed E-state index contributed by atoms with van der Waals surface area (Å²) in [7, 11) is 0. The molecule has 0 aliphatic carbocycles. The second-order valence-corrected chi connectivity index (χ2v) is 4.34. The molecule has 1 aromatic rings. The van der Waals surface area contributed by atoms with E-state index in [1.165, 1.54) is 11.1 Å². The van der Waals surface area contributed by atoms with E-state index in [9.17, 15) is 0 Å². The molecule has 3 heteroatoms. The molecule has 0 spiro atoms. The summed E-state index contributed by atoms with van der Waals surface area (Å²) in [6, 6.07) is 0. The first kappa shape index (κ1) is 11.8. The Morgan fingerprint density at radius 1 is 1.27 bits per heavy atom. The van der Waals surface area contributed by atoms with Crippen LogP contribution in [-0.2, 0) is 6.54 Å². The minimum Gasteiger partial charge on any atom is -0.396 e. The van der Waals surface area contributed by atoms with Gasteiger partial charge in [0.1, 0.15) is 0 Å². The lowest BCUT2D eigenvalue weighted by atomic mass is 10.1. The number of aromatic nitrogens is 2. The van der Waals surface area contributed by atoms with Crippen LogP contribution in [0.4, 0.5) is 5.69 Å². The van der Waals surface area contributed by atoms with Crippen LogP contribution in [0.5, 0.6) is 0 Å². The first-order chi connectivity index (χ1) is 6.93. The van der Waals surface area contributed by atoms with Gasteiger partial charge in [0, 0.05) is 6.54 Å². The van der Waals surface area contributed by atoms with E-state index < -0.39 is 0 Å². The molecular weight excluding hydrogens is 186 g/mol. The van der Waals surface area contributed by atoms with Crippen LogP contribution in [0.3, 0.4) is 0 Å². The Hall–Kier alpha value is -1.25. The zero-order chi connectivity index (χ0) is 11.6. The largest absolute Gasteiger partial charge is 0.396 e. The lowest BCUT2D eigenvalue weighted by molar-refractivity contribution is 0.590. The fourth-order valence-electron chi connectivity index (χ4n) is 1.45. The smallest absolute Gasteiger partial charge is 0.0825 e. The van der Waals surface area contributed by atoms with Crippen LogP contribution in [0.15, 0.2) is 11.1 Å². The minimum absolute atomic E-state index is 0.824. The van der Waals surface area contributed by atoms with E-state index in [1.807, 2.05) is 18.5 Å². The normalized spacial score (nSPS) is 10.5. The predicted molar refractivity (Wildman–Crippen MR) is 64.8 cm³/mol. The van der Waals surface area contributed by atoms with E-state index >= 15 is 0 Å². The van der Waals surface area contributed by atoms with Gasteiger partial charge in [0.15, 0.2) is 0 Å². The molecule has 1 rings (SSSR count). The highest BCUT2D eigenvalue weighted by Gasteiger charge is 2.07. The molecule has 0 aromatic carbocycles. The molecule has 1 aromatic heterocycles. The number of nitrogens with zero attached hydrogens (tertiary/aromatic N) is 2. The number of anilines is 1. The summed E-state index contributed by atoms with van der Waals surface area (Å²) in [4.78, 5) is 0. The van der Waals surface area contributed by atoms with Crippen molar-refractivity contribution in [2.75, 3.05) is 5.73 Å². The summed E-state index contributed by atoms with van der Waals surface area (Å²) in [6.45, 7) is 11.3. The third-order valence-corrected chi connectivity index (χ3v) is 2.99. The monoisotopic (exact) mass is 207 g/mol. The Labute approximate surface area is 92.0 Å². The van der Waals surface area contributed by atoms with Crippen molar-refractivity contribution in [3.05, 3.63) is 22.5 Å². The van der Waals surface area contributed by atoms with Crippen molar-refractivity contribution >= 4 is 5.69 Å². The molecule has 3 nitrogen and oxygen atoms in total. The number of nitrogen functional groups attached to an aromatic ring is 1. The Kier molecular flexibility index (Phi) is 3.56. The summed E-state index contributed by atoms with van der Waals surface area (Å²) in [5.74, 6) is 0. The zero-order valence-corrected chi connectivity index (χ0v) is 10.4. The molecule has 0 unspecified atom stereocenters. The molecule has 0 saturated carbocycles.